The summed E-state index contributed by atoms with van der Waals surface area (Å²) >= 11 is 4.63. The number of H-pyrrole nitrogens is 6. The molecule has 6 aromatic heterocycles. The number of nitrogens with one attached hydrogen (secondary N) is 6. The standard InChI is InChI=1S/C60H81N12O45P7S/c1-25-13-67(55(79)61-49(25)73)43-7-31(37(106-43)19-100-118(85,86)87)112-119(88,89)101-20-38-32(8-44(107-38)68-14-26(2)50(74)62-56(68)80)113-120(90,91)102-21-39-33(9-45(108-39)69-15-27(3)51(75)63-57(69)81)114-121(92,93)103-22-40-34(10-46(109-40)70-16-28(4)52(76)64-58(70)82)115-122(94,95)104-23-41-35(11-47(110-41)71-17-29(5)53(77)65-59(71)83)116-123(96,97)105-24-42-36(117-124(98,99)125)12-48(111-42)72-18-30(6)54(78)66-60(72)84/h13-18,31-48H,7-12,19-24H2,1-6H3,(H,88,89)(H,90,91)(H,92,93)(H,94,95)(H,96,97)(H,61,73,79)(H,62,74,80)(H,63,75,81)(H,64,76,82)(H,65,77,83)(H,66,78,84)(H2,85,86,87)(H2,98,99,125)/t31-,32-,33-,34-,35-,36-,37+,38+,39+,40+,41+,42+,43+,44+,45+,46+,47+,48+/m0/s1. The van der Waals surface area contributed by atoms with Crippen molar-refractivity contribution in [1.29, 1.82) is 0 Å². The zero-order valence-corrected chi connectivity index (χ0v) is 72.4. The number of aromatic amines is 6. The zero-order chi connectivity index (χ0) is 91.4. The fourth-order valence-corrected chi connectivity index (χ4v) is 19.8. The third kappa shape index (κ3) is 24.6. The van der Waals surface area contributed by atoms with Crippen LogP contribution in [0.5, 0.6) is 0 Å². The van der Waals surface area contributed by atoms with Gasteiger partial charge in [0.05, 0.1) is 45.7 Å². The monoisotopic (exact) mass is 1940 g/mol. The van der Waals surface area contributed by atoms with E-state index < -0.39 is 310 Å². The van der Waals surface area contributed by atoms with E-state index >= 15 is 0 Å². The van der Waals surface area contributed by atoms with E-state index in [9.17, 15) is 129 Å². The second-order valence-electron chi connectivity index (χ2n) is 29.0. The van der Waals surface area contributed by atoms with E-state index in [0.29, 0.717) is 0 Å². The lowest BCUT2D eigenvalue weighted by atomic mass is 10.2. The molecule has 0 saturated carbocycles. The Balaban J connectivity index is 0.748. The van der Waals surface area contributed by atoms with Crippen molar-refractivity contribution in [2.75, 3.05) is 39.6 Å². The first-order chi connectivity index (χ1) is 58.1. The third-order valence-corrected chi connectivity index (χ3v) is 26.2. The number of aryl methyl sites for hydroxylation is 6. The van der Waals surface area contributed by atoms with E-state index in [4.69, 9.17) is 78.2 Å². The maximum Gasteiger partial charge on any atom is 0.472 e. The van der Waals surface area contributed by atoms with Crippen molar-refractivity contribution in [3.05, 3.63) is 196 Å². The summed E-state index contributed by atoms with van der Waals surface area (Å²) in [6.45, 7) is -3.75. The molecule has 6 aliphatic heterocycles. The highest BCUT2D eigenvalue weighted by Gasteiger charge is 2.52. The van der Waals surface area contributed by atoms with Crippen molar-refractivity contribution in [1.82, 2.24) is 57.3 Å². The van der Waals surface area contributed by atoms with E-state index in [1.54, 1.807) is 0 Å². The number of ether oxygens (including phenoxy) is 6. The molecule has 0 amide bonds. The molecule has 15 N–H and O–H groups in total. The predicted octanol–water partition coefficient (Wildman–Crippen LogP) is -2.92. The topological polar surface area (TPSA) is 780 Å². The van der Waals surface area contributed by atoms with Gasteiger partial charge in [-0.25, -0.2) is 56.2 Å². The van der Waals surface area contributed by atoms with Crippen LogP contribution in [0.25, 0.3) is 0 Å². The van der Waals surface area contributed by atoms with Gasteiger partial charge in [0.1, 0.15) is 105 Å². The smallest absolute Gasteiger partial charge is 0.349 e. The van der Waals surface area contributed by atoms with Gasteiger partial charge in [0.2, 0.25) is 0 Å². The fraction of sp³-hybridized carbons (Fsp3) is 0.600. The molecule has 0 radical (unpaired) electrons. The summed E-state index contributed by atoms with van der Waals surface area (Å²) in [5, 5.41) is 0. The van der Waals surface area contributed by atoms with Crippen LogP contribution in [0.3, 0.4) is 0 Å². The first-order valence-corrected chi connectivity index (χ1v) is 48.3. The van der Waals surface area contributed by atoms with Gasteiger partial charge in [-0.3, -0.25) is 136 Å². The van der Waals surface area contributed by atoms with Gasteiger partial charge in [-0.15, -0.1) is 0 Å². The highest BCUT2D eigenvalue weighted by Crippen LogP contribution is 2.57. The summed E-state index contributed by atoms with van der Waals surface area (Å²) in [5.74, 6) is 0. The van der Waals surface area contributed by atoms with Gasteiger partial charge in [0, 0.05) is 109 Å². The summed E-state index contributed by atoms with van der Waals surface area (Å²) in [7, 11) is -33.6. The Labute approximate surface area is 700 Å². The van der Waals surface area contributed by atoms with Crippen LogP contribution >= 0.6 is 53.7 Å². The van der Waals surface area contributed by atoms with E-state index in [1.165, 1.54) is 41.5 Å². The Morgan fingerprint density at radius 2 is 0.440 bits per heavy atom. The molecule has 0 aromatic carbocycles. The van der Waals surface area contributed by atoms with Crippen LogP contribution in [0.15, 0.2) is 94.7 Å². The summed E-state index contributed by atoms with van der Waals surface area (Å²) in [6.07, 6.45) is -28.3. The largest absolute Gasteiger partial charge is 0.472 e. The van der Waals surface area contributed by atoms with Gasteiger partial charge in [-0.2, -0.15) is 0 Å². The molecule has 692 valence electrons. The molecular formula is C60H81N12O45P7S. The molecule has 6 saturated heterocycles. The summed E-state index contributed by atoms with van der Waals surface area (Å²) < 4.78 is 187. The van der Waals surface area contributed by atoms with E-state index in [1.807, 2.05) is 24.9 Å². The highest BCUT2D eigenvalue weighted by molar-refractivity contribution is 8.06. The molecule has 6 aliphatic rings. The van der Waals surface area contributed by atoms with Crippen LogP contribution in [-0.4, -0.2) is 214 Å². The Bertz CT molecular complexity index is 6150. The average molecular weight is 1940 g/mol. The normalized spacial score (nSPS) is 29.1. The molecule has 6 aromatic rings. The van der Waals surface area contributed by atoms with Crippen LogP contribution in [0.2, 0.25) is 0 Å². The molecule has 57 nitrogen and oxygen atoms in total. The second kappa shape index (κ2) is 38.2. The maximum absolute atomic E-state index is 14.4. The van der Waals surface area contributed by atoms with Gasteiger partial charge < -0.3 is 77.0 Å². The van der Waals surface area contributed by atoms with Gasteiger partial charge in [-0.05, 0) is 53.3 Å². The number of rotatable bonds is 36. The minimum absolute atomic E-state index is 0.0151. The van der Waals surface area contributed by atoms with Crippen LogP contribution in [-0.2, 0) is 122 Å². The van der Waals surface area contributed by atoms with E-state index in [-0.39, 0.29) is 33.4 Å². The zero-order valence-electron chi connectivity index (χ0n) is 65.3. The third-order valence-electron chi connectivity index (χ3n) is 19.9. The molecule has 65 heteroatoms. The Morgan fingerprint density at radius 3 is 0.592 bits per heavy atom. The fourth-order valence-electron chi connectivity index (χ4n) is 13.8. The van der Waals surface area contributed by atoms with Gasteiger partial charge in [0.15, 0.2) is 0 Å². The number of hydrogen-bond acceptors (Lipinski definition) is 37. The van der Waals surface area contributed by atoms with Crippen molar-refractivity contribution in [3.63, 3.8) is 0 Å². The lowest BCUT2D eigenvalue weighted by Gasteiger charge is -2.26. The molecule has 6 fully saturated rings. The summed E-state index contributed by atoms with van der Waals surface area (Å²) in [4.78, 5) is 261. The number of hydrogen-bond donors (Lipinski definition) is 15. The highest BCUT2D eigenvalue weighted by atomic mass is 32.5. The predicted molar refractivity (Wildman–Crippen MR) is 412 cm³/mol. The van der Waals surface area contributed by atoms with Gasteiger partial charge in [-0.1, -0.05) is 0 Å². The number of phosphoric ester groups is 6. The minimum atomic E-state index is -5.77. The van der Waals surface area contributed by atoms with Crippen LogP contribution < -0.4 is 67.5 Å². The quantitative estimate of drug-likeness (QED) is 0.0175. The lowest BCUT2D eigenvalue weighted by Crippen LogP contribution is -2.33. The molecule has 0 spiro atoms. The number of phosphoric acid groups is 6. The first kappa shape index (κ1) is 97.1. The summed E-state index contributed by atoms with van der Waals surface area (Å²) in [5.41, 5.74) is -11.8. The molecule has 0 bridgehead atoms. The van der Waals surface area contributed by atoms with Crippen LogP contribution in [0.1, 0.15) is 109 Å². The Kier molecular flexibility index (Phi) is 29.7. The van der Waals surface area contributed by atoms with Crippen molar-refractivity contribution in [3.8, 4) is 0 Å². The van der Waals surface area contributed by atoms with E-state index in [0.717, 1.165) is 64.6 Å². The number of aromatic nitrogens is 12. The molecule has 12 heterocycles. The minimum Gasteiger partial charge on any atom is -0.349 e. The summed E-state index contributed by atoms with van der Waals surface area (Å²) in [6, 6.07) is 0. The van der Waals surface area contributed by atoms with E-state index in [2.05, 4.69) is 21.3 Å². The second-order valence-corrected chi connectivity index (χ2v) is 39.9. The first-order valence-electron chi connectivity index (χ1n) is 36.7. The van der Waals surface area contributed by atoms with Crippen LogP contribution in [0.4, 0.5) is 0 Å². The van der Waals surface area contributed by atoms with Crippen molar-refractivity contribution < 1.29 is 154 Å². The lowest BCUT2D eigenvalue weighted by molar-refractivity contribution is -0.0655. The van der Waals surface area contributed by atoms with Crippen LogP contribution in [0, 0.1) is 41.5 Å². The van der Waals surface area contributed by atoms with Gasteiger partial charge in [0.25, 0.3) is 33.4 Å². The van der Waals surface area contributed by atoms with Gasteiger partial charge >= 0.3 is 87.8 Å². The van der Waals surface area contributed by atoms with Crippen molar-refractivity contribution in [2.45, 2.75) is 191 Å². The molecule has 12 rings (SSSR count). The molecule has 23 atom stereocenters. The maximum atomic E-state index is 14.4. The van der Waals surface area contributed by atoms with Crippen molar-refractivity contribution >= 4 is 65.5 Å². The number of nitrogens with zero attached hydrogens (tertiary/aromatic N) is 6. The SMILES string of the molecule is Cc1cn([C@H]2C[C@H](OP(=O)(O)OC[C@H]3O[C@@H](n4cc(C)c(=O)[nH]c4=O)C[C@@H]3OP(=O)(O)OC[C@H]3O[C@@H](n4cc(C)c(=O)[nH]c4=O)C[C@@H]3OP(=O)(O)OC[C@H]3O[C@@H](n4cc(C)c(=O)[nH]c4=O)C[C@@H]3OP(=O)(O)OC[C@H]3O[C@@H](n4cc(C)c(=O)[nH]c4=O)C[C@@H]3OP(=O)(O)OC[C@H]3O[C@@H](n4cc(C)c(=O)[nH]c4=O)C[C@@H]3OP(O)(O)=S)[C@@H](COP(=O)(O)O)O2)c(=O)[nH]c1=O. The van der Waals surface area contributed by atoms with Crippen molar-refractivity contribution in [2.24, 2.45) is 0 Å². The molecular weight excluding hydrogens is 1860 g/mol. The average Bonchev–Trinajstić information content (AvgIpc) is 1.61. The Hall–Kier alpha value is -6.97. The molecule has 5 unspecified atom stereocenters. The molecule has 0 aliphatic carbocycles. The Morgan fingerprint density at radius 1 is 0.288 bits per heavy atom. The molecule has 125 heavy (non-hydrogen) atoms.